The summed E-state index contributed by atoms with van der Waals surface area (Å²) >= 11 is 0. The van der Waals surface area contributed by atoms with Crippen LogP contribution in [0, 0.1) is 0 Å². The molecule has 0 saturated heterocycles. The number of carbonyl (C=O) groups excluding carboxylic acids is 1. The van der Waals surface area contributed by atoms with Gasteiger partial charge in [0, 0.05) is 11.1 Å². The Labute approximate surface area is 186 Å². The molecule has 4 heteroatoms. The Balaban J connectivity index is 2.31. The molecule has 0 aromatic heterocycles. The van der Waals surface area contributed by atoms with Crippen molar-refractivity contribution in [1.82, 2.24) is 0 Å². The number of unbranched alkanes of at least 4 members (excludes halogenated alkanes) is 2. The predicted octanol–water partition coefficient (Wildman–Crippen LogP) is 6.68. The quantitative estimate of drug-likeness (QED) is 0.147. The van der Waals surface area contributed by atoms with Crippen LogP contribution in [0.5, 0.6) is 17.2 Å². The number of methoxy groups -OCH3 is 1. The number of benzene rings is 2. The summed E-state index contributed by atoms with van der Waals surface area (Å²) in [5, 5.41) is 0. The highest BCUT2D eigenvalue weighted by atomic mass is 16.5. The molecule has 166 valence electrons. The zero-order chi connectivity index (χ0) is 22.5. The minimum atomic E-state index is -0.0697. The van der Waals surface area contributed by atoms with Crippen LogP contribution in [0.2, 0.25) is 0 Å². The Bertz CT molecular complexity index is 834. The van der Waals surface area contributed by atoms with Gasteiger partial charge in [0.05, 0.1) is 20.3 Å². The van der Waals surface area contributed by atoms with Crippen molar-refractivity contribution in [3.63, 3.8) is 0 Å². The number of hydrogen-bond donors (Lipinski definition) is 0. The van der Waals surface area contributed by atoms with Gasteiger partial charge in [-0.25, -0.2) is 0 Å². The third-order valence-electron chi connectivity index (χ3n) is 4.85. The lowest BCUT2D eigenvalue weighted by Crippen LogP contribution is -2.05. The summed E-state index contributed by atoms with van der Waals surface area (Å²) in [5.74, 6) is 2.23. The van der Waals surface area contributed by atoms with Crippen LogP contribution in [0.15, 0.2) is 55.1 Å². The second-order valence-electron chi connectivity index (χ2n) is 7.32. The van der Waals surface area contributed by atoms with E-state index in [4.69, 9.17) is 14.2 Å². The Morgan fingerprint density at radius 3 is 2.03 bits per heavy atom. The van der Waals surface area contributed by atoms with Gasteiger partial charge in [-0.2, -0.15) is 0 Å². The molecule has 0 aliphatic rings. The largest absolute Gasteiger partial charge is 0.497 e. The van der Waals surface area contributed by atoms with E-state index >= 15 is 0 Å². The topological polar surface area (TPSA) is 44.8 Å². The minimum Gasteiger partial charge on any atom is -0.497 e. The molecule has 0 atom stereocenters. The third kappa shape index (κ3) is 7.63. The highest BCUT2D eigenvalue weighted by Gasteiger charge is 2.13. The minimum absolute atomic E-state index is 0.0697. The lowest BCUT2D eigenvalue weighted by molar-refractivity contribution is 0.104. The molecule has 2 rings (SSSR count). The number of carbonyl (C=O) groups is 1. The van der Waals surface area contributed by atoms with Gasteiger partial charge in [0.25, 0.3) is 0 Å². The van der Waals surface area contributed by atoms with Gasteiger partial charge in [-0.15, -0.1) is 6.58 Å². The standard InChI is InChI=1S/C27H34O4/c1-5-8-17-30-26-19-21(20-27(24(26)10-7-3)31-18-9-6-2)11-16-25(28)22-12-14-23(29-4)15-13-22/h7,11-16,19-20H,3,5-6,8-10,17-18H2,1-2,4H3. The summed E-state index contributed by atoms with van der Waals surface area (Å²) in [6, 6.07) is 11.0. The fourth-order valence-corrected chi connectivity index (χ4v) is 3.02. The molecule has 0 aliphatic carbocycles. The highest BCUT2D eigenvalue weighted by molar-refractivity contribution is 6.06. The SMILES string of the molecule is C=CCc1c(OCCCC)cc(C=CC(=O)c2ccc(OC)cc2)cc1OCCCC. The number of ketones is 1. The molecule has 2 aromatic rings. The van der Waals surface area contributed by atoms with Crippen LogP contribution in [-0.4, -0.2) is 26.1 Å². The number of hydrogen-bond acceptors (Lipinski definition) is 4. The number of rotatable bonds is 14. The van der Waals surface area contributed by atoms with E-state index in [1.54, 1.807) is 37.5 Å². The van der Waals surface area contributed by atoms with Crippen molar-refractivity contribution in [1.29, 1.82) is 0 Å². The third-order valence-corrected chi connectivity index (χ3v) is 4.85. The van der Waals surface area contributed by atoms with Crippen molar-refractivity contribution in [2.45, 2.75) is 46.0 Å². The fourth-order valence-electron chi connectivity index (χ4n) is 3.02. The first-order valence-corrected chi connectivity index (χ1v) is 11.0. The molecule has 0 amide bonds. The van der Waals surface area contributed by atoms with Gasteiger partial charge >= 0.3 is 0 Å². The zero-order valence-corrected chi connectivity index (χ0v) is 19.0. The van der Waals surface area contributed by atoms with Crippen LogP contribution in [0.3, 0.4) is 0 Å². The van der Waals surface area contributed by atoms with Crippen LogP contribution in [0.4, 0.5) is 0 Å². The smallest absolute Gasteiger partial charge is 0.185 e. The van der Waals surface area contributed by atoms with E-state index < -0.39 is 0 Å². The molecule has 0 unspecified atom stereocenters. The lowest BCUT2D eigenvalue weighted by Gasteiger charge is -2.17. The van der Waals surface area contributed by atoms with Crippen LogP contribution >= 0.6 is 0 Å². The van der Waals surface area contributed by atoms with E-state index in [0.717, 1.165) is 54.1 Å². The first kappa shape index (κ1) is 24.3. The number of ether oxygens (including phenoxy) is 3. The van der Waals surface area contributed by atoms with Crippen molar-refractivity contribution in [2.75, 3.05) is 20.3 Å². The molecule has 0 fully saturated rings. The summed E-state index contributed by atoms with van der Waals surface area (Å²) < 4.78 is 17.3. The Hall–Kier alpha value is -3.01. The molecule has 0 radical (unpaired) electrons. The van der Waals surface area contributed by atoms with Gasteiger partial charge in [0.1, 0.15) is 17.2 Å². The first-order chi connectivity index (χ1) is 15.1. The van der Waals surface area contributed by atoms with E-state index in [1.165, 1.54) is 0 Å². The second-order valence-corrected chi connectivity index (χ2v) is 7.32. The van der Waals surface area contributed by atoms with Crippen LogP contribution in [-0.2, 0) is 6.42 Å². The van der Waals surface area contributed by atoms with Crippen LogP contribution in [0.25, 0.3) is 6.08 Å². The van der Waals surface area contributed by atoms with E-state index in [0.29, 0.717) is 25.2 Å². The lowest BCUT2D eigenvalue weighted by atomic mass is 10.0. The predicted molar refractivity (Wildman–Crippen MR) is 128 cm³/mol. The summed E-state index contributed by atoms with van der Waals surface area (Å²) in [5.41, 5.74) is 2.48. The average Bonchev–Trinajstić information content (AvgIpc) is 2.79. The average molecular weight is 423 g/mol. The molecule has 31 heavy (non-hydrogen) atoms. The summed E-state index contributed by atoms with van der Waals surface area (Å²) in [4.78, 5) is 12.6. The summed E-state index contributed by atoms with van der Waals surface area (Å²) in [7, 11) is 1.60. The van der Waals surface area contributed by atoms with E-state index in [1.807, 2.05) is 24.3 Å². The van der Waals surface area contributed by atoms with E-state index in [9.17, 15) is 4.79 Å². The van der Waals surface area contributed by atoms with Gasteiger partial charge in [-0.1, -0.05) is 38.8 Å². The molecule has 0 heterocycles. The van der Waals surface area contributed by atoms with Crippen LogP contribution < -0.4 is 14.2 Å². The molecular weight excluding hydrogens is 388 g/mol. The van der Waals surface area contributed by atoms with Crippen molar-refractivity contribution in [2.24, 2.45) is 0 Å². The normalized spacial score (nSPS) is 10.8. The zero-order valence-electron chi connectivity index (χ0n) is 19.0. The maximum absolute atomic E-state index is 12.6. The van der Waals surface area contributed by atoms with Gasteiger partial charge in [0.15, 0.2) is 5.78 Å². The molecule has 0 saturated carbocycles. The van der Waals surface area contributed by atoms with Gasteiger partial charge in [0.2, 0.25) is 0 Å². The maximum Gasteiger partial charge on any atom is 0.185 e. The summed E-state index contributed by atoms with van der Waals surface area (Å²) in [6.07, 6.45) is 10.00. The van der Waals surface area contributed by atoms with Gasteiger partial charge in [-0.3, -0.25) is 4.79 Å². The molecular formula is C27H34O4. The monoisotopic (exact) mass is 422 g/mol. The molecule has 0 bridgehead atoms. The fraction of sp³-hybridized carbons (Fsp3) is 0.370. The second kappa shape index (κ2) is 13.3. The Morgan fingerprint density at radius 1 is 0.968 bits per heavy atom. The van der Waals surface area contributed by atoms with Crippen molar-refractivity contribution < 1.29 is 19.0 Å². The molecule has 0 spiro atoms. The van der Waals surface area contributed by atoms with Crippen LogP contribution in [0.1, 0.15) is 61.0 Å². The molecule has 0 N–H and O–H groups in total. The maximum atomic E-state index is 12.6. The van der Waals surface area contributed by atoms with Crippen molar-refractivity contribution >= 4 is 11.9 Å². The Kier molecular flexibility index (Phi) is 10.4. The molecule has 4 nitrogen and oxygen atoms in total. The Morgan fingerprint density at radius 2 is 1.55 bits per heavy atom. The highest BCUT2D eigenvalue weighted by Crippen LogP contribution is 2.33. The van der Waals surface area contributed by atoms with Gasteiger partial charge in [-0.05, 0) is 67.3 Å². The summed E-state index contributed by atoms with van der Waals surface area (Å²) in [6.45, 7) is 9.44. The molecule has 0 aliphatic heterocycles. The van der Waals surface area contributed by atoms with Gasteiger partial charge < -0.3 is 14.2 Å². The molecule has 2 aromatic carbocycles. The first-order valence-electron chi connectivity index (χ1n) is 11.0. The van der Waals surface area contributed by atoms with E-state index in [2.05, 4.69) is 20.4 Å². The van der Waals surface area contributed by atoms with Crippen molar-refractivity contribution in [3.8, 4) is 17.2 Å². The van der Waals surface area contributed by atoms with Crippen molar-refractivity contribution in [3.05, 3.63) is 71.8 Å². The number of allylic oxidation sites excluding steroid dienone is 2. The van der Waals surface area contributed by atoms with E-state index in [-0.39, 0.29) is 5.78 Å².